The minimum Gasteiger partial charge on any atom is -0.456 e. The summed E-state index contributed by atoms with van der Waals surface area (Å²) in [7, 11) is -2.76. The van der Waals surface area contributed by atoms with Crippen LogP contribution in [-0.2, 0) is 4.12 Å². The number of hydrogen-bond donors (Lipinski definition) is 0. The van der Waals surface area contributed by atoms with Gasteiger partial charge in [-0.05, 0) is 51.6 Å². The fourth-order valence-electron chi connectivity index (χ4n) is 2.02. The molecule has 0 atom stereocenters. The quantitative estimate of drug-likeness (QED) is 0.650. The Bertz CT molecular complexity index is 272. The van der Waals surface area contributed by atoms with Crippen molar-refractivity contribution in [1.29, 1.82) is 0 Å². The Morgan fingerprint density at radius 1 is 1.20 bits per heavy atom. The Morgan fingerprint density at radius 2 is 1.87 bits per heavy atom. The zero-order valence-corrected chi connectivity index (χ0v) is 12.8. The highest BCUT2D eigenvalue weighted by atomic mass is 28.4. The summed E-state index contributed by atoms with van der Waals surface area (Å²) in [6, 6.07) is 1.26. The van der Waals surface area contributed by atoms with Crippen molar-refractivity contribution in [1.82, 2.24) is 0 Å². The highest BCUT2D eigenvalue weighted by Crippen LogP contribution is 2.24. The maximum atomic E-state index is 6.31. The molecule has 0 aromatic carbocycles. The smallest absolute Gasteiger partial charge is 0.173 e. The predicted molar refractivity (Wildman–Crippen MR) is 73.2 cm³/mol. The molecule has 3 heteroatoms. The third-order valence-electron chi connectivity index (χ3n) is 2.45. The largest absolute Gasteiger partial charge is 0.456 e. The zero-order chi connectivity index (χ0) is 11.5. The second kappa shape index (κ2) is 4.81. The Balaban J connectivity index is 2.39. The lowest BCUT2D eigenvalue weighted by atomic mass is 10.2. The topological polar surface area (TPSA) is 9.23 Å². The van der Waals surface area contributed by atoms with E-state index in [1.165, 1.54) is 18.0 Å². The molecule has 0 saturated heterocycles. The van der Waals surface area contributed by atoms with E-state index < -0.39 is 16.6 Å². The van der Waals surface area contributed by atoms with Crippen LogP contribution in [-0.4, -0.2) is 16.6 Å². The van der Waals surface area contributed by atoms with Crippen LogP contribution in [0.1, 0.15) is 12.8 Å². The van der Waals surface area contributed by atoms with Crippen molar-refractivity contribution in [3.05, 3.63) is 23.8 Å². The van der Waals surface area contributed by atoms with Crippen LogP contribution in [0, 0.1) is 0 Å². The van der Waals surface area contributed by atoms with Gasteiger partial charge in [-0.25, -0.2) is 0 Å². The van der Waals surface area contributed by atoms with Gasteiger partial charge in [0.05, 0.1) is 0 Å². The molecule has 1 nitrogen and oxygen atoms in total. The summed E-state index contributed by atoms with van der Waals surface area (Å²) in [5, 5.41) is 0. The van der Waals surface area contributed by atoms with Gasteiger partial charge in [0.2, 0.25) is 0 Å². The summed E-state index contributed by atoms with van der Waals surface area (Å²) in [6.07, 6.45) is 9.17. The molecule has 86 valence electrons. The molecule has 0 aromatic heterocycles. The summed E-state index contributed by atoms with van der Waals surface area (Å²) in [6.45, 7) is 11.6. The van der Waals surface area contributed by atoms with Crippen molar-refractivity contribution < 1.29 is 4.12 Å². The molecule has 0 amide bonds. The maximum Gasteiger partial charge on any atom is 0.173 e. The fourth-order valence-corrected chi connectivity index (χ4v) is 9.95. The lowest BCUT2D eigenvalue weighted by Crippen LogP contribution is -2.42. The van der Waals surface area contributed by atoms with E-state index in [1.54, 1.807) is 0 Å². The highest BCUT2D eigenvalue weighted by Gasteiger charge is 2.29. The minimum atomic E-state index is -1.42. The SMILES string of the molecule is C[Si](C)(C)O[Si](C)(C)CCC1=CCC=C1. The Hall–Kier alpha value is -0.126. The molecule has 0 bridgehead atoms. The lowest BCUT2D eigenvalue weighted by molar-refractivity contribution is 0.547. The van der Waals surface area contributed by atoms with Crippen LogP contribution < -0.4 is 0 Å². The summed E-state index contributed by atoms with van der Waals surface area (Å²) < 4.78 is 6.31. The first-order valence-corrected chi connectivity index (χ1v) is 12.4. The van der Waals surface area contributed by atoms with Crippen molar-refractivity contribution in [3.63, 3.8) is 0 Å². The second-order valence-electron chi connectivity index (χ2n) is 5.89. The maximum absolute atomic E-state index is 6.31. The lowest BCUT2D eigenvalue weighted by Gasteiger charge is -2.31. The Labute approximate surface area is 96.5 Å². The van der Waals surface area contributed by atoms with Gasteiger partial charge in [0, 0.05) is 0 Å². The van der Waals surface area contributed by atoms with Gasteiger partial charge in [0.15, 0.2) is 16.6 Å². The van der Waals surface area contributed by atoms with Crippen LogP contribution >= 0.6 is 0 Å². The third-order valence-corrected chi connectivity index (χ3v) is 8.56. The molecule has 0 radical (unpaired) electrons. The van der Waals surface area contributed by atoms with Crippen molar-refractivity contribution in [2.45, 2.75) is 51.6 Å². The molecule has 0 spiro atoms. The molecule has 1 rings (SSSR count). The van der Waals surface area contributed by atoms with Crippen LogP contribution in [0.2, 0.25) is 38.8 Å². The molecule has 0 fully saturated rings. The Kier molecular flexibility index (Phi) is 4.15. The first-order valence-electron chi connectivity index (χ1n) is 5.84. The second-order valence-corrected chi connectivity index (χ2v) is 15.0. The molecule has 1 aliphatic carbocycles. The van der Waals surface area contributed by atoms with Crippen molar-refractivity contribution in [2.24, 2.45) is 0 Å². The van der Waals surface area contributed by atoms with E-state index in [2.05, 4.69) is 51.0 Å². The van der Waals surface area contributed by atoms with Gasteiger partial charge < -0.3 is 4.12 Å². The standard InChI is InChI=1S/C12H24OSi2/c1-14(2,3)13-15(4,5)11-10-12-8-6-7-9-12/h6,8-9H,7,10-11H2,1-5H3. The monoisotopic (exact) mass is 240 g/mol. The molecular formula is C12H24OSi2. The summed E-state index contributed by atoms with van der Waals surface area (Å²) >= 11 is 0. The number of allylic oxidation sites excluding steroid dienone is 4. The summed E-state index contributed by atoms with van der Waals surface area (Å²) in [5.74, 6) is 0. The molecule has 0 saturated carbocycles. The van der Waals surface area contributed by atoms with Crippen LogP contribution in [0.15, 0.2) is 23.8 Å². The van der Waals surface area contributed by atoms with Crippen LogP contribution in [0.4, 0.5) is 0 Å². The molecule has 0 aromatic rings. The molecule has 15 heavy (non-hydrogen) atoms. The van der Waals surface area contributed by atoms with Gasteiger partial charge in [-0.1, -0.05) is 23.8 Å². The van der Waals surface area contributed by atoms with E-state index in [9.17, 15) is 0 Å². The summed E-state index contributed by atoms with van der Waals surface area (Å²) in [5.41, 5.74) is 1.51. The van der Waals surface area contributed by atoms with Crippen molar-refractivity contribution in [3.8, 4) is 0 Å². The van der Waals surface area contributed by atoms with Gasteiger partial charge in [0.25, 0.3) is 0 Å². The third kappa shape index (κ3) is 5.49. The van der Waals surface area contributed by atoms with Crippen LogP contribution in [0.5, 0.6) is 0 Å². The van der Waals surface area contributed by atoms with E-state index in [-0.39, 0.29) is 0 Å². The van der Waals surface area contributed by atoms with Gasteiger partial charge >= 0.3 is 0 Å². The molecular weight excluding hydrogens is 216 g/mol. The molecule has 0 heterocycles. The minimum absolute atomic E-state index is 1.13. The van der Waals surface area contributed by atoms with Gasteiger partial charge in [-0.3, -0.25) is 0 Å². The van der Waals surface area contributed by atoms with E-state index in [0.717, 1.165) is 6.42 Å². The average molecular weight is 240 g/mol. The van der Waals surface area contributed by atoms with Crippen LogP contribution in [0.3, 0.4) is 0 Å². The highest BCUT2D eigenvalue weighted by molar-refractivity contribution is 6.84. The molecule has 1 aliphatic rings. The molecule has 0 aliphatic heterocycles. The molecule has 0 N–H and O–H groups in total. The van der Waals surface area contributed by atoms with E-state index in [0.29, 0.717) is 0 Å². The molecule has 0 unspecified atom stereocenters. The average Bonchev–Trinajstić information content (AvgIpc) is 2.47. The van der Waals surface area contributed by atoms with Gasteiger partial charge in [-0.15, -0.1) is 0 Å². The zero-order valence-electron chi connectivity index (χ0n) is 10.8. The van der Waals surface area contributed by atoms with Gasteiger partial charge in [-0.2, -0.15) is 0 Å². The predicted octanol–water partition coefficient (Wildman–Crippen LogP) is 4.32. The first-order chi connectivity index (χ1) is 6.79. The van der Waals surface area contributed by atoms with E-state index in [1.807, 2.05) is 0 Å². The number of rotatable bonds is 5. The van der Waals surface area contributed by atoms with E-state index in [4.69, 9.17) is 4.12 Å². The van der Waals surface area contributed by atoms with Crippen molar-refractivity contribution in [2.75, 3.05) is 0 Å². The first kappa shape index (κ1) is 12.9. The summed E-state index contributed by atoms with van der Waals surface area (Å²) in [4.78, 5) is 0. The fraction of sp³-hybridized carbons (Fsp3) is 0.667. The normalized spacial score (nSPS) is 17.0. The van der Waals surface area contributed by atoms with Crippen molar-refractivity contribution >= 4 is 16.6 Å². The Morgan fingerprint density at radius 3 is 2.33 bits per heavy atom. The number of hydrogen-bond acceptors (Lipinski definition) is 1. The van der Waals surface area contributed by atoms with Crippen LogP contribution in [0.25, 0.3) is 0 Å². The van der Waals surface area contributed by atoms with Gasteiger partial charge in [0.1, 0.15) is 0 Å². The van der Waals surface area contributed by atoms with E-state index >= 15 is 0 Å².